The molecule has 0 aliphatic carbocycles. The van der Waals surface area contributed by atoms with Crippen LogP contribution in [0.25, 0.3) is 0 Å². The lowest BCUT2D eigenvalue weighted by Gasteiger charge is -2.29. The fourth-order valence-electron chi connectivity index (χ4n) is 2.01. The average Bonchev–Trinajstić information content (AvgIpc) is 2.32. The fourth-order valence-corrected chi connectivity index (χ4v) is 3.71. The molecule has 0 aromatic heterocycles. The second kappa shape index (κ2) is 5.66. The van der Waals surface area contributed by atoms with Crippen LogP contribution in [0, 0.1) is 0 Å². The highest BCUT2D eigenvalue weighted by Crippen LogP contribution is 2.24. The smallest absolute Gasteiger partial charge is 0.181 e. The van der Waals surface area contributed by atoms with Gasteiger partial charge in [-0.15, -0.1) is 0 Å². The van der Waals surface area contributed by atoms with Gasteiger partial charge in [0.15, 0.2) is 9.84 Å². The molecule has 0 spiro atoms. The summed E-state index contributed by atoms with van der Waals surface area (Å²) in [6.07, 6.45) is -0.305. The van der Waals surface area contributed by atoms with Gasteiger partial charge in [0, 0.05) is 13.1 Å². The zero-order valence-corrected chi connectivity index (χ0v) is 12.2. The number of anilines is 1. The SMILES string of the molecule is CN1CCOC(CS(=O)(=O)c2ccc(N)c(Cl)c2)C1. The van der Waals surface area contributed by atoms with Crippen LogP contribution < -0.4 is 5.73 Å². The molecular formula is C12H17ClN2O3S. The number of benzene rings is 1. The molecule has 0 radical (unpaired) electrons. The van der Waals surface area contributed by atoms with Crippen LogP contribution in [0.5, 0.6) is 0 Å². The normalized spacial score (nSPS) is 21.5. The van der Waals surface area contributed by atoms with Crippen LogP contribution in [0.4, 0.5) is 5.69 Å². The first kappa shape index (κ1) is 14.6. The molecule has 1 fully saturated rings. The van der Waals surface area contributed by atoms with E-state index in [-0.39, 0.29) is 21.8 Å². The highest BCUT2D eigenvalue weighted by Gasteiger charge is 2.25. The summed E-state index contributed by atoms with van der Waals surface area (Å²) in [7, 11) is -1.47. The number of nitrogen functional groups attached to an aromatic ring is 1. The molecule has 5 nitrogen and oxygen atoms in total. The van der Waals surface area contributed by atoms with Crippen LogP contribution in [0.3, 0.4) is 0 Å². The van der Waals surface area contributed by atoms with Gasteiger partial charge >= 0.3 is 0 Å². The lowest BCUT2D eigenvalue weighted by Crippen LogP contribution is -2.43. The molecule has 19 heavy (non-hydrogen) atoms. The third-order valence-electron chi connectivity index (χ3n) is 3.08. The molecule has 0 saturated carbocycles. The van der Waals surface area contributed by atoms with Gasteiger partial charge in [-0.1, -0.05) is 11.6 Å². The van der Waals surface area contributed by atoms with E-state index in [4.69, 9.17) is 22.1 Å². The van der Waals surface area contributed by atoms with Gasteiger partial charge in [-0.05, 0) is 25.2 Å². The summed E-state index contributed by atoms with van der Waals surface area (Å²) in [5, 5.41) is 0.253. The highest BCUT2D eigenvalue weighted by molar-refractivity contribution is 7.91. The highest BCUT2D eigenvalue weighted by atomic mass is 35.5. The molecule has 106 valence electrons. The Morgan fingerprint density at radius 3 is 2.89 bits per heavy atom. The number of nitrogens with two attached hydrogens (primary N) is 1. The first-order valence-corrected chi connectivity index (χ1v) is 7.99. The lowest BCUT2D eigenvalue weighted by molar-refractivity contribution is -0.00680. The molecule has 0 bridgehead atoms. The van der Waals surface area contributed by atoms with Gasteiger partial charge in [0.2, 0.25) is 0 Å². The van der Waals surface area contributed by atoms with Gasteiger partial charge in [-0.25, -0.2) is 8.42 Å². The monoisotopic (exact) mass is 304 g/mol. The molecular weight excluding hydrogens is 288 g/mol. The summed E-state index contributed by atoms with van der Waals surface area (Å²) >= 11 is 5.86. The number of nitrogens with zero attached hydrogens (tertiary/aromatic N) is 1. The number of hydrogen-bond donors (Lipinski definition) is 1. The van der Waals surface area contributed by atoms with Crippen LogP contribution in [0.1, 0.15) is 0 Å². The van der Waals surface area contributed by atoms with Crippen LogP contribution in [0.2, 0.25) is 5.02 Å². The fraction of sp³-hybridized carbons (Fsp3) is 0.500. The van der Waals surface area contributed by atoms with Gasteiger partial charge in [0.05, 0.1) is 34.1 Å². The molecule has 1 aromatic rings. The van der Waals surface area contributed by atoms with Crippen molar-refractivity contribution in [1.82, 2.24) is 4.90 Å². The van der Waals surface area contributed by atoms with Gasteiger partial charge in [-0.3, -0.25) is 0 Å². The Morgan fingerprint density at radius 2 is 2.26 bits per heavy atom. The quantitative estimate of drug-likeness (QED) is 0.844. The minimum Gasteiger partial charge on any atom is -0.398 e. The number of hydrogen-bond acceptors (Lipinski definition) is 5. The molecule has 1 aliphatic heterocycles. The maximum absolute atomic E-state index is 12.3. The number of rotatable bonds is 3. The predicted molar refractivity (Wildman–Crippen MR) is 75.2 cm³/mol. The van der Waals surface area contributed by atoms with Crippen molar-refractivity contribution in [3.63, 3.8) is 0 Å². The molecule has 0 amide bonds. The average molecular weight is 305 g/mol. The van der Waals surface area contributed by atoms with Crippen molar-refractivity contribution >= 4 is 27.1 Å². The first-order chi connectivity index (χ1) is 8.88. The summed E-state index contributed by atoms with van der Waals surface area (Å²) in [5.74, 6) is -0.0441. The van der Waals surface area contributed by atoms with Crippen molar-refractivity contribution in [2.75, 3.05) is 38.2 Å². The maximum atomic E-state index is 12.3. The van der Waals surface area contributed by atoms with Crippen molar-refractivity contribution in [2.24, 2.45) is 0 Å². The van der Waals surface area contributed by atoms with Crippen molar-refractivity contribution in [2.45, 2.75) is 11.0 Å². The van der Waals surface area contributed by atoms with E-state index < -0.39 is 9.84 Å². The summed E-state index contributed by atoms with van der Waals surface area (Å²) in [5.41, 5.74) is 5.95. The molecule has 1 aromatic carbocycles. The Morgan fingerprint density at radius 1 is 1.53 bits per heavy atom. The Hall–Kier alpha value is -0.820. The van der Waals surface area contributed by atoms with Crippen molar-refractivity contribution in [1.29, 1.82) is 0 Å². The van der Waals surface area contributed by atoms with E-state index in [9.17, 15) is 8.42 Å². The second-order valence-corrected chi connectivity index (χ2v) is 7.16. The Balaban J connectivity index is 2.15. The zero-order chi connectivity index (χ0) is 14.0. The zero-order valence-electron chi connectivity index (χ0n) is 10.7. The standard InChI is InChI=1S/C12H17ClN2O3S/c1-15-4-5-18-9(7-15)8-19(16,17)10-2-3-12(14)11(13)6-10/h2-3,6,9H,4-5,7-8,14H2,1H3. The minimum absolute atomic E-state index is 0.0441. The largest absolute Gasteiger partial charge is 0.398 e. The van der Waals surface area contributed by atoms with Crippen LogP contribution in [-0.2, 0) is 14.6 Å². The van der Waals surface area contributed by atoms with E-state index in [1.54, 1.807) is 0 Å². The third-order valence-corrected chi connectivity index (χ3v) is 5.19. The van der Waals surface area contributed by atoms with Crippen LogP contribution >= 0.6 is 11.6 Å². The second-order valence-electron chi connectivity index (χ2n) is 4.72. The van der Waals surface area contributed by atoms with E-state index in [0.717, 1.165) is 6.54 Å². The predicted octanol–water partition coefficient (Wildman–Crippen LogP) is 1.03. The molecule has 2 rings (SSSR count). The topological polar surface area (TPSA) is 72.6 Å². The van der Waals surface area contributed by atoms with Gasteiger partial charge in [0.25, 0.3) is 0 Å². The van der Waals surface area contributed by atoms with E-state index in [2.05, 4.69) is 4.90 Å². The number of morpholine rings is 1. The molecule has 1 aliphatic rings. The molecule has 1 atom stereocenters. The number of halogens is 1. The summed E-state index contributed by atoms with van der Waals surface area (Å²) in [4.78, 5) is 2.24. The van der Waals surface area contributed by atoms with Gasteiger partial charge in [0.1, 0.15) is 0 Å². The lowest BCUT2D eigenvalue weighted by atomic mass is 10.3. The molecule has 1 saturated heterocycles. The third kappa shape index (κ3) is 3.60. The summed E-state index contributed by atoms with van der Waals surface area (Å²) < 4.78 is 30.0. The molecule has 1 heterocycles. The van der Waals surface area contributed by atoms with Crippen molar-refractivity contribution < 1.29 is 13.2 Å². The summed E-state index contributed by atoms with van der Waals surface area (Å²) in [6, 6.07) is 4.37. The van der Waals surface area contributed by atoms with E-state index >= 15 is 0 Å². The van der Waals surface area contributed by atoms with Crippen molar-refractivity contribution in [3.05, 3.63) is 23.2 Å². The van der Waals surface area contributed by atoms with Crippen molar-refractivity contribution in [3.8, 4) is 0 Å². The molecule has 2 N–H and O–H groups in total. The van der Waals surface area contributed by atoms with Gasteiger partial charge < -0.3 is 15.4 Å². The van der Waals surface area contributed by atoms with Gasteiger partial charge in [-0.2, -0.15) is 0 Å². The van der Waals surface area contributed by atoms with E-state index in [1.807, 2.05) is 7.05 Å². The Kier molecular flexibility index (Phi) is 4.35. The Bertz CT molecular complexity index is 562. The maximum Gasteiger partial charge on any atom is 0.181 e. The van der Waals surface area contributed by atoms with E-state index in [0.29, 0.717) is 18.8 Å². The number of sulfone groups is 1. The van der Waals surface area contributed by atoms with Crippen LogP contribution in [0.15, 0.2) is 23.1 Å². The number of likely N-dealkylation sites (N-methyl/N-ethyl adjacent to an activating group) is 1. The summed E-state index contributed by atoms with van der Waals surface area (Å²) in [6.45, 7) is 1.99. The van der Waals surface area contributed by atoms with Crippen LogP contribution in [-0.4, -0.2) is 51.9 Å². The van der Waals surface area contributed by atoms with E-state index in [1.165, 1.54) is 18.2 Å². The molecule has 1 unspecified atom stereocenters. The first-order valence-electron chi connectivity index (χ1n) is 5.96. The molecule has 7 heteroatoms. The minimum atomic E-state index is -3.41. The Labute approximate surface area is 118 Å². The number of ether oxygens (including phenoxy) is 1.